The topological polar surface area (TPSA) is 274 Å². The van der Waals surface area contributed by atoms with E-state index in [2.05, 4.69) is 78.5 Å². The van der Waals surface area contributed by atoms with Crippen molar-refractivity contribution < 1.29 is 48.0 Å². The van der Waals surface area contributed by atoms with Crippen LogP contribution in [0.25, 0.3) is 11.1 Å². The zero-order valence-corrected chi connectivity index (χ0v) is 39.8. The van der Waals surface area contributed by atoms with Crippen LogP contribution in [0.4, 0.5) is 0 Å². The van der Waals surface area contributed by atoms with Gasteiger partial charge in [-0.05, 0) is 106 Å². The number of nitrogens with zero attached hydrogens (tertiary/aromatic N) is 1. The predicted octanol–water partition coefficient (Wildman–Crippen LogP) is 1.25. The smallest absolute Gasteiger partial charge is 0.404 e. The molecule has 2 saturated heterocycles. The summed E-state index contributed by atoms with van der Waals surface area (Å²) in [6.45, 7) is 13.0. The molecule has 2 bridgehead atoms. The van der Waals surface area contributed by atoms with Gasteiger partial charge in [0.15, 0.2) is 0 Å². The molecule has 19 heteroatoms. The number of hydrogen-bond acceptors (Lipinski definition) is 11. The van der Waals surface area contributed by atoms with Gasteiger partial charge in [-0.3, -0.25) is 33.6 Å². The molecule has 10 N–H and O–H groups in total. The number of primary amides is 1. The van der Waals surface area contributed by atoms with Crippen molar-refractivity contribution in [1.29, 1.82) is 0 Å². The lowest BCUT2D eigenvalue weighted by molar-refractivity contribution is -0.199. The number of aliphatic hydroxyl groups excluding tert-OH is 1. The highest BCUT2D eigenvalue weighted by atomic mass is 16.7. The van der Waals surface area contributed by atoms with Crippen LogP contribution in [0.15, 0.2) is 48.5 Å². The molecule has 364 valence electrons. The van der Waals surface area contributed by atoms with Gasteiger partial charge in [-0.2, -0.15) is 0 Å². The molecule has 1 unspecified atom stereocenters. The van der Waals surface area contributed by atoms with E-state index in [1.807, 2.05) is 12.1 Å². The second-order valence-electron chi connectivity index (χ2n) is 19.8. The SMILES string of the molecule is CCCCc1ccc(-c2ccc(C(=O)NCCC(=O)N3C[C@@H](N)C[C@H]3C(=O)N[C@H](C(=O)N[C@@H](C)C(=O)N[C@@H](CC(N)=O)C(=O)N[C@@H](C)B3OC4C[C@@H]5C[C@@H](C5(C)C)[C@]4(C)O3)[C@@H](C)O)cc2)cc1. The fraction of sp³-hybridized carbons (Fsp3) is 0.604. The predicted molar refractivity (Wildman–Crippen MR) is 250 cm³/mol. The first kappa shape index (κ1) is 51.0. The van der Waals surface area contributed by atoms with Crippen molar-refractivity contribution in [1.82, 2.24) is 31.5 Å². The van der Waals surface area contributed by atoms with Crippen LogP contribution in [0.1, 0.15) is 109 Å². The van der Waals surface area contributed by atoms with E-state index < -0.39 is 96.8 Å². The molecule has 7 rings (SSSR count). The molecule has 2 aliphatic heterocycles. The molecule has 3 saturated carbocycles. The molecule has 67 heavy (non-hydrogen) atoms. The third-order valence-corrected chi connectivity index (χ3v) is 14.4. The fourth-order valence-corrected chi connectivity index (χ4v) is 10.2. The van der Waals surface area contributed by atoms with Crippen molar-refractivity contribution >= 4 is 48.5 Å². The molecule has 7 amide bonds. The fourth-order valence-electron chi connectivity index (χ4n) is 10.2. The van der Waals surface area contributed by atoms with E-state index in [4.69, 9.17) is 20.8 Å². The average molecular weight is 929 g/mol. The maximum absolute atomic E-state index is 13.6. The van der Waals surface area contributed by atoms with E-state index in [9.17, 15) is 38.7 Å². The normalized spacial score (nSPS) is 25.8. The number of carbonyl (C=O) groups is 7. The third kappa shape index (κ3) is 11.7. The summed E-state index contributed by atoms with van der Waals surface area (Å²) in [5.41, 5.74) is 14.9. The van der Waals surface area contributed by atoms with Crippen LogP contribution >= 0.6 is 0 Å². The van der Waals surface area contributed by atoms with E-state index in [-0.39, 0.29) is 43.4 Å². The lowest BCUT2D eigenvalue weighted by Crippen LogP contribution is -2.65. The standard InChI is InChI=1S/C48H69BN8O10/c1-8-9-10-29-11-13-30(14-12-29)31-15-17-32(18-16-31)43(62)52-20-19-40(60)57-25-34(50)23-36(57)45(64)56-41(27(3)58)46(65)53-26(2)42(61)55-35(24-39(51)59)44(63)54-28(4)49-66-38-22-33-21-37(47(33,5)6)48(38,7)67-49/h11-18,26-28,33-38,41,58H,8-10,19-25,50H2,1-7H3,(H2,51,59)(H,52,62)(H,53,65)(H,54,63)(H,55,61)(H,56,64)/t26-,27+,28-,33-,34-,35-,36-,37-,38?,41-,48-/m0/s1. The number of nitrogens with one attached hydrogen (secondary N) is 5. The summed E-state index contributed by atoms with van der Waals surface area (Å²) in [5.74, 6) is -4.76. The summed E-state index contributed by atoms with van der Waals surface area (Å²) < 4.78 is 12.7. The summed E-state index contributed by atoms with van der Waals surface area (Å²) in [7, 11) is -0.762. The molecule has 5 fully saturated rings. The van der Waals surface area contributed by atoms with Gasteiger partial charge in [0, 0.05) is 31.1 Å². The molecule has 0 radical (unpaired) electrons. The van der Waals surface area contributed by atoms with E-state index in [1.54, 1.807) is 19.1 Å². The van der Waals surface area contributed by atoms with Crippen molar-refractivity contribution in [2.75, 3.05) is 13.1 Å². The van der Waals surface area contributed by atoms with Crippen LogP contribution in [-0.2, 0) is 44.5 Å². The Kier molecular flexibility index (Phi) is 16.2. The first-order valence-electron chi connectivity index (χ1n) is 23.7. The summed E-state index contributed by atoms with van der Waals surface area (Å²) in [4.78, 5) is 93.7. The quantitative estimate of drug-likeness (QED) is 0.0876. The monoisotopic (exact) mass is 929 g/mol. The zero-order valence-electron chi connectivity index (χ0n) is 39.8. The van der Waals surface area contributed by atoms with Crippen molar-refractivity contribution in [3.63, 3.8) is 0 Å². The van der Waals surface area contributed by atoms with Gasteiger partial charge in [-0.25, -0.2) is 0 Å². The van der Waals surface area contributed by atoms with E-state index in [1.165, 1.54) is 24.3 Å². The van der Waals surface area contributed by atoms with E-state index in [0.717, 1.165) is 43.2 Å². The molecule has 2 aromatic carbocycles. The largest absolute Gasteiger partial charge is 0.481 e. The molecular weight excluding hydrogens is 859 g/mol. The lowest BCUT2D eigenvalue weighted by atomic mass is 9.43. The van der Waals surface area contributed by atoms with Gasteiger partial charge in [0.25, 0.3) is 5.91 Å². The molecule has 11 atom stereocenters. The Morgan fingerprint density at radius 3 is 2.13 bits per heavy atom. The van der Waals surface area contributed by atoms with Crippen LogP contribution in [0.2, 0.25) is 0 Å². The van der Waals surface area contributed by atoms with Crippen molar-refractivity contribution in [2.24, 2.45) is 28.7 Å². The number of carbonyl (C=O) groups excluding carboxylic acids is 7. The summed E-state index contributed by atoms with van der Waals surface area (Å²) in [6.07, 6.45) is 3.02. The molecule has 5 aliphatic rings. The van der Waals surface area contributed by atoms with Crippen molar-refractivity contribution in [3.8, 4) is 11.1 Å². The van der Waals surface area contributed by atoms with Crippen LogP contribution in [0, 0.1) is 17.3 Å². The number of hydrogen-bond donors (Lipinski definition) is 8. The zero-order chi connectivity index (χ0) is 49.0. The van der Waals surface area contributed by atoms with Crippen LogP contribution in [0.3, 0.4) is 0 Å². The Morgan fingerprint density at radius 2 is 1.52 bits per heavy atom. The summed E-state index contributed by atoms with van der Waals surface area (Å²) in [6, 6.07) is 9.60. The minimum absolute atomic E-state index is 0.0129. The van der Waals surface area contributed by atoms with Crippen LogP contribution < -0.4 is 38.1 Å². The minimum atomic E-state index is -1.56. The Labute approximate surface area is 393 Å². The second kappa shape index (κ2) is 21.3. The van der Waals surface area contributed by atoms with Gasteiger partial charge >= 0.3 is 7.12 Å². The number of amides is 7. The Balaban J connectivity index is 0.972. The highest BCUT2D eigenvalue weighted by molar-refractivity contribution is 6.47. The van der Waals surface area contributed by atoms with Gasteiger partial charge in [0.1, 0.15) is 24.2 Å². The maximum atomic E-state index is 13.6. The Morgan fingerprint density at radius 1 is 0.866 bits per heavy atom. The van der Waals surface area contributed by atoms with Gasteiger partial charge in [-0.15, -0.1) is 0 Å². The highest BCUT2D eigenvalue weighted by Gasteiger charge is 2.68. The first-order valence-corrected chi connectivity index (χ1v) is 23.7. The van der Waals surface area contributed by atoms with Crippen molar-refractivity contribution in [2.45, 2.75) is 154 Å². The van der Waals surface area contributed by atoms with Gasteiger partial charge in [-0.1, -0.05) is 63.6 Å². The number of aliphatic hydroxyl groups is 1. The van der Waals surface area contributed by atoms with Crippen LogP contribution in [0.5, 0.6) is 0 Å². The molecule has 3 aliphatic carbocycles. The van der Waals surface area contributed by atoms with E-state index >= 15 is 0 Å². The van der Waals surface area contributed by atoms with Gasteiger partial charge < -0.3 is 57.4 Å². The summed E-state index contributed by atoms with van der Waals surface area (Å²) in [5, 5.41) is 23.5. The number of likely N-dealkylation sites (tertiary alicyclic amines) is 1. The molecule has 2 aromatic rings. The molecule has 0 spiro atoms. The van der Waals surface area contributed by atoms with Gasteiger partial charge in [0.05, 0.1) is 30.2 Å². The molecule has 18 nitrogen and oxygen atoms in total. The van der Waals surface area contributed by atoms with E-state index in [0.29, 0.717) is 17.4 Å². The number of rotatable bonds is 20. The Hall–Kier alpha value is -5.37. The maximum Gasteiger partial charge on any atom is 0.481 e. The highest BCUT2D eigenvalue weighted by Crippen LogP contribution is 2.65. The van der Waals surface area contributed by atoms with Crippen LogP contribution in [-0.4, -0.2) is 126 Å². The number of benzene rings is 2. The number of nitrogens with two attached hydrogens (primary N) is 2. The lowest BCUT2D eigenvalue weighted by Gasteiger charge is -2.64. The second-order valence-corrected chi connectivity index (χ2v) is 19.8. The van der Waals surface area contributed by atoms with Crippen molar-refractivity contribution in [3.05, 3.63) is 59.7 Å². The third-order valence-electron chi connectivity index (χ3n) is 14.4. The summed E-state index contributed by atoms with van der Waals surface area (Å²) >= 11 is 0. The van der Waals surface area contributed by atoms with Gasteiger partial charge in [0.2, 0.25) is 35.4 Å². The Bertz CT molecular complexity index is 2160. The minimum Gasteiger partial charge on any atom is -0.404 e. The molecular formula is C48H69BN8O10. The number of aryl methyl sites for hydroxylation is 1. The molecule has 0 aromatic heterocycles. The molecule has 2 heterocycles. The number of unbranched alkanes of at least 4 members (excludes halogenated alkanes) is 1. The average Bonchev–Trinajstić information content (AvgIpc) is 3.86. The first-order chi connectivity index (χ1) is 31.6.